The maximum Gasteiger partial charge on any atom is 0.326 e. The van der Waals surface area contributed by atoms with Gasteiger partial charge in [-0.25, -0.2) is 4.79 Å². The number of carboxylic acid groups (broad SMARTS) is 1. The molecule has 170 valence electrons. The fourth-order valence-electron chi connectivity index (χ4n) is 3.41. The van der Waals surface area contributed by atoms with E-state index in [2.05, 4.69) is 10.6 Å². The number of halogens is 1. The zero-order valence-electron chi connectivity index (χ0n) is 17.9. The van der Waals surface area contributed by atoms with Crippen LogP contribution in [0.4, 0.5) is 0 Å². The third-order valence-corrected chi connectivity index (χ3v) is 5.62. The molecule has 0 bridgehead atoms. The highest BCUT2D eigenvalue weighted by atomic mass is 35.5. The molecule has 0 saturated heterocycles. The van der Waals surface area contributed by atoms with Crippen LogP contribution in [0.25, 0.3) is 0 Å². The Hall–Kier alpha value is -3.22. The molecular weight excluding hydrogens is 456 g/mol. The van der Waals surface area contributed by atoms with Crippen LogP contribution in [0.3, 0.4) is 0 Å². The van der Waals surface area contributed by atoms with Crippen molar-refractivity contribution >= 4 is 40.7 Å². The minimum Gasteiger partial charge on any atom is -0.480 e. The van der Waals surface area contributed by atoms with Gasteiger partial charge in [-0.15, -0.1) is 0 Å². The van der Waals surface area contributed by atoms with Gasteiger partial charge in [0.05, 0.1) is 4.99 Å². The quantitative estimate of drug-likeness (QED) is 0.379. The van der Waals surface area contributed by atoms with Gasteiger partial charge in [-0.2, -0.15) is 0 Å². The van der Waals surface area contributed by atoms with Gasteiger partial charge in [0.25, 0.3) is 0 Å². The summed E-state index contributed by atoms with van der Waals surface area (Å²) in [5, 5.41) is 16.1. The number of amides is 1. The van der Waals surface area contributed by atoms with Crippen molar-refractivity contribution in [2.45, 2.75) is 31.3 Å². The highest BCUT2D eigenvalue weighted by Gasteiger charge is 2.26. The Morgan fingerprint density at radius 3 is 1.79 bits per heavy atom. The first-order chi connectivity index (χ1) is 15.9. The van der Waals surface area contributed by atoms with Gasteiger partial charge in [0, 0.05) is 24.3 Å². The predicted octanol–water partition coefficient (Wildman–Crippen LogP) is 4.22. The molecule has 7 heteroatoms. The van der Waals surface area contributed by atoms with E-state index in [9.17, 15) is 14.7 Å². The van der Waals surface area contributed by atoms with Gasteiger partial charge >= 0.3 is 5.97 Å². The van der Waals surface area contributed by atoms with Crippen molar-refractivity contribution in [3.8, 4) is 0 Å². The second-order valence-corrected chi connectivity index (χ2v) is 8.63. The lowest BCUT2D eigenvalue weighted by Gasteiger charge is -2.23. The number of hydrogen-bond acceptors (Lipinski definition) is 3. The maximum absolute atomic E-state index is 13.2. The number of carbonyl (C=O) groups excluding carboxylic acids is 1. The monoisotopic (exact) mass is 480 g/mol. The molecule has 33 heavy (non-hydrogen) atoms. The molecule has 3 aromatic rings. The Morgan fingerprint density at radius 1 is 0.758 bits per heavy atom. The number of carboxylic acids is 1. The van der Waals surface area contributed by atoms with Gasteiger partial charge in [-0.1, -0.05) is 96.6 Å². The second kappa shape index (κ2) is 12.1. The normalized spacial score (nSPS) is 12.4. The highest BCUT2D eigenvalue weighted by Crippen LogP contribution is 2.11. The Labute approximate surface area is 203 Å². The summed E-state index contributed by atoms with van der Waals surface area (Å²) in [6.45, 7) is 0. The van der Waals surface area contributed by atoms with Crippen molar-refractivity contribution in [3.63, 3.8) is 0 Å². The summed E-state index contributed by atoms with van der Waals surface area (Å²) >= 11 is 11.5. The summed E-state index contributed by atoms with van der Waals surface area (Å²) < 4.78 is 0. The first kappa shape index (κ1) is 24.4. The second-order valence-electron chi connectivity index (χ2n) is 7.70. The minimum absolute atomic E-state index is 0.190. The lowest BCUT2D eigenvalue weighted by atomic mass is 10.0. The van der Waals surface area contributed by atoms with Crippen molar-refractivity contribution in [2.75, 3.05) is 0 Å². The van der Waals surface area contributed by atoms with Gasteiger partial charge in [0.15, 0.2) is 0 Å². The summed E-state index contributed by atoms with van der Waals surface area (Å²) in [7, 11) is 0. The van der Waals surface area contributed by atoms with Crippen molar-refractivity contribution in [1.29, 1.82) is 0 Å². The van der Waals surface area contributed by atoms with Gasteiger partial charge in [0.1, 0.15) is 12.1 Å². The Balaban J connectivity index is 1.72. The van der Waals surface area contributed by atoms with Crippen LogP contribution in [-0.2, 0) is 28.9 Å². The average molecular weight is 481 g/mol. The Morgan fingerprint density at radius 2 is 1.27 bits per heavy atom. The van der Waals surface area contributed by atoms with E-state index in [1.54, 1.807) is 12.1 Å². The predicted molar refractivity (Wildman–Crippen MR) is 135 cm³/mol. The molecule has 1 amide bonds. The molecule has 3 rings (SSSR count). The van der Waals surface area contributed by atoms with Crippen molar-refractivity contribution in [3.05, 3.63) is 107 Å². The Kier molecular flexibility index (Phi) is 8.98. The summed E-state index contributed by atoms with van der Waals surface area (Å²) in [6.07, 6.45) is 0.998. The topological polar surface area (TPSA) is 78.4 Å². The van der Waals surface area contributed by atoms with Crippen LogP contribution >= 0.6 is 23.8 Å². The van der Waals surface area contributed by atoms with Gasteiger partial charge in [0.2, 0.25) is 5.91 Å². The number of thiocarbonyl (C=S) groups is 1. The third kappa shape index (κ3) is 8.00. The van der Waals surface area contributed by atoms with Gasteiger partial charge < -0.3 is 15.7 Å². The number of rotatable bonds is 10. The molecule has 5 nitrogen and oxygen atoms in total. The lowest BCUT2D eigenvalue weighted by Crippen LogP contribution is -2.53. The molecule has 0 heterocycles. The molecule has 0 spiro atoms. The van der Waals surface area contributed by atoms with E-state index in [1.807, 2.05) is 72.8 Å². The molecule has 0 aliphatic carbocycles. The van der Waals surface area contributed by atoms with E-state index in [-0.39, 0.29) is 6.42 Å². The van der Waals surface area contributed by atoms with Crippen LogP contribution < -0.4 is 10.6 Å². The number of benzene rings is 3. The summed E-state index contributed by atoms with van der Waals surface area (Å²) in [6, 6.07) is 24.3. The van der Waals surface area contributed by atoms with Crippen LogP contribution in [0.1, 0.15) is 16.7 Å². The smallest absolute Gasteiger partial charge is 0.326 e. The lowest BCUT2D eigenvalue weighted by molar-refractivity contribution is -0.142. The number of hydrogen-bond donors (Lipinski definition) is 3. The summed E-state index contributed by atoms with van der Waals surface area (Å²) in [4.78, 5) is 25.5. The van der Waals surface area contributed by atoms with Crippen molar-refractivity contribution < 1.29 is 14.7 Å². The highest BCUT2D eigenvalue weighted by molar-refractivity contribution is 7.80. The molecule has 0 aromatic heterocycles. The van der Waals surface area contributed by atoms with Crippen LogP contribution in [-0.4, -0.2) is 34.1 Å². The molecule has 0 saturated carbocycles. The Bertz CT molecular complexity index is 1080. The SMILES string of the molecule is O=C(O)[C@H](Cc1ccccc1)NC(=O)[C@H](Cc1ccccc1)NC(=S)Cc1ccc(Cl)cc1. The number of aliphatic carboxylic acids is 1. The molecule has 2 atom stereocenters. The third-order valence-electron chi connectivity index (χ3n) is 5.11. The molecule has 0 aliphatic rings. The van der Waals surface area contributed by atoms with E-state index in [0.717, 1.165) is 16.7 Å². The van der Waals surface area contributed by atoms with E-state index in [1.165, 1.54) is 0 Å². The first-order valence-corrected chi connectivity index (χ1v) is 11.3. The zero-order valence-corrected chi connectivity index (χ0v) is 19.5. The molecule has 0 radical (unpaired) electrons. The van der Waals surface area contributed by atoms with Crippen LogP contribution in [0.2, 0.25) is 5.02 Å². The van der Waals surface area contributed by atoms with E-state index in [4.69, 9.17) is 23.8 Å². The van der Waals surface area contributed by atoms with E-state index >= 15 is 0 Å². The zero-order chi connectivity index (χ0) is 23.6. The first-order valence-electron chi connectivity index (χ1n) is 10.6. The maximum atomic E-state index is 13.2. The van der Waals surface area contributed by atoms with Crippen LogP contribution in [0, 0.1) is 0 Å². The number of nitrogens with one attached hydrogen (secondary N) is 2. The molecule has 3 aromatic carbocycles. The molecular formula is C26H25ClN2O3S. The molecule has 0 aliphatic heterocycles. The largest absolute Gasteiger partial charge is 0.480 e. The molecule has 0 unspecified atom stereocenters. The fraction of sp³-hybridized carbons (Fsp3) is 0.192. The standard InChI is InChI=1S/C26H25ClN2O3S/c27-21-13-11-20(12-14-21)17-24(33)28-22(15-18-7-3-1-4-8-18)25(30)29-23(26(31)32)16-19-9-5-2-6-10-19/h1-14,22-23H,15-17H2,(H,28,33)(H,29,30)(H,31,32)/t22-,23-/m0/s1. The number of carbonyl (C=O) groups is 2. The van der Waals surface area contributed by atoms with Crippen LogP contribution in [0.5, 0.6) is 0 Å². The van der Waals surface area contributed by atoms with Gasteiger partial charge in [-0.05, 0) is 28.8 Å². The summed E-state index contributed by atoms with van der Waals surface area (Å²) in [5.41, 5.74) is 2.73. The fourth-order valence-corrected chi connectivity index (χ4v) is 3.85. The molecule has 3 N–H and O–H groups in total. The van der Waals surface area contributed by atoms with E-state index in [0.29, 0.717) is 22.9 Å². The van der Waals surface area contributed by atoms with Gasteiger partial charge in [-0.3, -0.25) is 4.79 Å². The summed E-state index contributed by atoms with van der Waals surface area (Å²) in [5.74, 6) is -1.50. The van der Waals surface area contributed by atoms with Crippen LogP contribution in [0.15, 0.2) is 84.9 Å². The minimum atomic E-state index is -1.09. The van der Waals surface area contributed by atoms with Crippen molar-refractivity contribution in [1.82, 2.24) is 10.6 Å². The molecule has 0 fully saturated rings. The van der Waals surface area contributed by atoms with E-state index < -0.39 is 24.0 Å². The van der Waals surface area contributed by atoms with Crippen molar-refractivity contribution in [2.24, 2.45) is 0 Å². The average Bonchev–Trinajstić information content (AvgIpc) is 2.81.